The third-order valence-corrected chi connectivity index (χ3v) is 3.57. The average molecular weight is 300 g/mol. The van der Waals surface area contributed by atoms with Crippen molar-refractivity contribution in [1.82, 2.24) is 0 Å². The number of rotatable bonds is 4. The highest BCUT2D eigenvalue weighted by molar-refractivity contribution is 5.95. The van der Waals surface area contributed by atoms with E-state index in [-0.39, 0.29) is 18.3 Å². The summed E-state index contributed by atoms with van der Waals surface area (Å²) in [6.07, 6.45) is 0. The zero-order chi connectivity index (χ0) is 16.3. The first-order chi connectivity index (χ1) is 10.4. The molecule has 0 spiro atoms. The van der Waals surface area contributed by atoms with E-state index in [2.05, 4.69) is 10.6 Å². The third-order valence-electron chi connectivity index (χ3n) is 3.57. The maximum atomic E-state index is 13.5. The molecule has 0 aromatic heterocycles. The van der Waals surface area contributed by atoms with Crippen molar-refractivity contribution in [3.05, 3.63) is 58.4 Å². The highest BCUT2D eigenvalue weighted by atomic mass is 19.1. The first-order valence-corrected chi connectivity index (χ1v) is 7.24. The number of halogens is 1. The van der Waals surface area contributed by atoms with E-state index in [0.717, 1.165) is 16.8 Å². The number of hydrogen-bond donors (Lipinski definition) is 2. The third kappa shape index (κ3) is 3.85. The summed E-state index contributed by atoms with van der Waals surface area (Å²) in [4.78, 5) is 12.1. The number of carbonyl (C=O) groups is 1. The van der Waals surface area contributed by atoms with Crippen LogP contribution in [0.4, 0.5) is 15.8 Å². The molecule has 2 aromatic rings. The standard InChI is InChI=1S/C18H21FN2O/c1-11-7-13(3)18(14(4)8-11)21-17(22)10-20-15-6-5-12(2)16(19)9-15/h5-9,20H,10H2,1-4H3,(H,21,22). The van der Waals surface area contributed by atoms with Crippen molar-refractivity contribution in [2.24, 2.45) is 0 Å². The lowest BCUT2D eigenvalue weighted by atomic mass is 10.1. The molecule has 0 radical (unpaired) electrons. The number of nitrogens with one attached hydrogen (secondary N) is 2. The lowest BCUT2D eigenvalue weighted by Crippen LogP contribution is -2.22. The molecule has 0 atom stereocenters. The number of hydrogen-bond acceptors (Lipinski definition) is 2. The SMILES string of the molecule is Cc1cc(C)c(NC(=O)CNc2ccc(C)c(F)c2)c(C)c1. The van der Waals surface area contributed by atoms with E-state index in [4.69, 9.17) is 0 Å². The van der Waals surface area contributed by atoms with E-state index < -0.39 is 0 Å². The van der Waals surface area contributed by atoms with Gasteiger partial charge in [0.05, 0.1) is 6.54 Å². The number of benzene rings is 2. The molecule has 3 nitrogen and oxygen atoms in total. The van der Waals surface area contributed by atoms with Crippen LogP contribution in [-0.4, -0.2) is 12.5 Å². The molecular weight excluding hydrogens is 279 g/mol. The van der Waals surface area contributed by atoms with E-state index in [1.54, 1.807) is 19.1 Å². The van der Waals surface area contributed by atoms with Crippen LogP contribution in [0.2, 0.25) is 0 Å². The van der Waals surface area contributed by atoms with Gasteiger partial charge in [-0.05, 0) is 56.5 Å². The second-order valence-corrected chi connectivity index (χ2v) is 5.64. The maximum Gasteiger partial charge on any atom is 0.243 e. The minimum atomic E-state index is -0.282. The topological polar surface area (TPSA) is 41.1 Å². The Morgan fingerprint density at radius 2 is 1.64 bits per heavy atom. The molecule has 0 bridgehead atoms. The van der Waals surface area contributed by atoms with E-state index in [1.807, 2.05) is 32.9 Å². The molecule has 0 unspecified atom stereocenters. The largest absolute Gasteiger partial charge is 0.376 e. The first kappa shape index (κ1) is 16.0. The van der Waals surface area contributed by atoms with E-state index in [0.29, 0.717) is 11.3 Å². The van der Waals surface area contributed by atoms with E-state index in [9.17, 15) is 9.18 Å². The van der Waals surface area contributed by atoms with Gasteiger partial charge in [0.15, 0.2) is 0 Å². The van der Waals surface area contributed by atoms with Gasteiger partial charge >= 0.3 is 0 Å². The van der Waals surface area contributed by atoms with Gasteiger partial charge in [0.2, 0.25) is 5.91 Å². The van der Waals surface area contributed by atoms with Crippen LogP contribution < -0.4 is 10.6 Å². The van der Waals surface area contributed by atoms with Crippen molar-refractivity contribution >= 4 is 17.3 Å². The normalized spacial score (nSPS) is 10.4. The van der Waals surface area contributed by atoms with Gasteiger partial charge in [0.25, 0.3) is 0 Å². The number of anilines is 2. The van der Waals surface area contributed by atoms with Gasteiger partial charge in [-0.1, -0.05) is 23.8 Å². The molecule has 22 heavy (non-hydrogen) atoms. The fraction of sp³-hybridized carbons (Fsp3) is 0.278. The predicted octanol–water partition coefficient (Wildman–Crippen LogP) is 4.11. The fourth-order valence-corrected chi connectivity index (χ4v) is 2.45. The monoisotopic (exact) mass is 300 g/mol. The van der Waals surface area contributed by atoms with Gasteiger partial charge in [-0.3, -0.25) is 4.79 Å². The molecule has 2 N–H and O–H groups in total. The molecule has 0 fully saturated rings. The summed E-state index contributed by atoms with van der Waals surface area (Å²) in [7, 11) is 0. The molecule has 0 aliphatic carbocycles. The van der Waals surface area contributed by atoms with Crippen LogP contribution >= 0.6 is 0 Å². The van der Waals surface area contributed by atoms with Gasteiger partial charge < -0.3 is 10.6 Å². The summed E-state index contributed by atoms with van der Waals surface area (Å²) in [5.74, 6) is -0.438. The van der Waals surface area contributed by atoms with Crippen LogP contribution in [0.1, 0.15) is 22.3 Å². The van der Waals surface area contributed by atoms with Crippen molar-refractivity contribution in [3.63, 3.8) is 0 Å². The number of carbonyl (C=O) groups excluding carboxylic acids is 1. The number of aryl methyl sites for hydroxylation is 4. The van der Waals surface area contributed by atoms with Crippen molar-refractivity contribution in [1.29, 1.82) is 0 Å². The average Bonchev–Trinajstić information content (AvgIpc) is 2.44. The van der Waals surface area contributed by atoms with Crippen LogP contribution in [0.15, 0.2) is 30.3 Å². The second-order valence-electron chi connectivity index (χ2n) is 5.64. The molecule has 0 aliphatic rings. The van der Waals surface area contributed by atoms with Gasteiger partial charge in [0.1, 0.15) is 5.82 Å². The lowest BCUT2D eigenvalue weighted by Gasteiger charge is -2.13. The molecule has 0 saturated heterocycles. The zero-order valence-electron chi connectivity index (χ0n) is 13.4. The van der Waals surface area contributed by atoms with E-state index >= 15 is 0 Å². The van der Waals surface area contributed by atoms with Gasteiger partial charge in [-0.25, -0.2) is 4.39 Å². The van der Waals surface area contributed by atoms with Gasteiger partial charge in [0, 0.05) is 11.4 Å². The summed E-state index contributed by atoms with van der Waals surface area (Å²) in [5.41, 5.74) is 5.25. The van der Waals surface area contributed by atoms with E-state index in [1.165, 1.54) is 11.6 Å². The Kier molecular flexibility index (Phi) is 4.81. The van der Waals surface area contributed by atoms with Crippen LogP contribution in [-0.2, 0) is 4.79 Å². The summed E-state index contributed by atoms with van der Waals surface area (Å²) < 4.78 is 13.5. The quantitative estimate of drug-likeness (QED) is 0.892. The van der Waals surface area contributed by atoms with Crippen molar-refractivity contribution in [2.45, 2.75) is 27.7 Å². The Balaban J connectivity index is 2.00. The Morgan fingerprint density at radius 1 is 1.00 bits per heavy atom. The Labute approximate surface area is 130 Å². The van der Waals surface area contributed by atoms with Crippen LogP contribution in [0.5, 0.6) is 0 Å². The van der Waals surface area contributed by atoms with Crippen LogP contribution in [0, 0.1) is 33.5 Å². The molecular formula is C18H21FN2O. The molecule has 4 heteroatoms. The molecule has 0 aliphatic heterocycles. The summed E-state index contributed by atoms with van der Waals surface area (Å²) in [5, 5.41) is 5.84. The molecule has 1 amide bonds. The van der Waals surface area contributed by atoms with Crippen LogP contribution in [0.25, 0.3) is 0 Å². The minimum absolute atomic E-state index is 0.0925. The van der Waals surface area contributed by atoms with Crippen LogP contribution in [0.3, 0.4) is 0 Å². The Morgan fingerprint density at radius 3 is 2.23 bits per heavy atom. The summed E-state index contributed by atoms with van der Waals surface area (Å²) >= 11 is 0. The van der Waals surface area contributed by atoms with Crippen molar-refractivity contribution < 1.29 is 9.18 Å². The maximum absolute atomic E-state index is 13.5. The lowest BCUT2D eigenvalue weighted by molar-refractivity contribution is -0.114. The second kappa shape index (κ2) is 6.60. The smallest absolute Gasteiger partial charge is 0.243 e. The summed E-state index contributed by atoms with van der Waals surface area (Å²) in [6, 6.07) is 8.90. The van der Waals surface area contributed by atoms with Gasteiger partial charge in [-0.15, -0.1) is 0 Å². The first-order valence-electron chi connectivity index (χ1n) is 7.24. The Bertz CT molecular complexity index is 687. The molecule has 0 heterocycles. The summed E-state index contributed by atoms with van der Waals surface area (Å²) in [6.45, 7) is 7.76. The fourth-order valence-electron chi connectivity index (χ4n) is 2.45. The molecule has 2 rings (SSSR count). The van der Waals surface area contributed by atoms with Crippen molar-refractivity contribution in [2.75, 3.05) is 17.2 Å². The minimum Gasteiger partial charge on any atom is -0.376 e. The van der Waals surface area contributed by atoms with Gasteiger partial charge in [-0.2, -0.15) is 0 Å². The zero-order valence-corrected chi connectivity index (χ0v) is 13.4. The molecule has 116 valence electrons. The predicted molar refractivity (Wildman–Crippen MR) is 88.9 cm³/mol. The molecule has 2 aromatic carbocycles. The highest BCUT2D eigenvalue weighted by Gasteiger charge is 2.08. The Hall–Kier alpha value is -2.36. The van der Waals surface area contributed by atoms with Crippen molar-refractivity contribution in [3.8, 4) is 0 Å². The highest BCUT2D eigenvalue weighted by Crippen LogP contribution is 2.21. The molecule has 0 saturated carbocycles. The number of amides is 1.